The summed E-state index contributed by atoms with van der Waals surface area (Å²) in [5.41, 5.74) is -2.58. The average Bonchev–Trinajstić information content (AvgIpc) is 3.01. The van der Waals surface area contributed by atoms with Crippen molar-refractivity contribution in [3.63, 3.8) is 0 Å². The minimum absolute atomic E-state index is 0.115. The van der Waals surface area contributed by atoms with E-state index < -0.39 is 28.0 Å². The molecule has 0 aliphatic heterocycles. The molecule has 1 heterocycles. The number of tetrazole rings is 1. The van der Waals surface area contributed by atoms with Crippen molar-refractivity contribution in [1.29, 1.82) is 5.26 Å². The largest absolute Gasteiger partial charge is 0.418 e. The van der Waals surface area contributed by atoms with Gasteiger partial charge in [0.25, 0.3) is 5.69 Å². The Balaban J connectivity index is 2.40. The van der Waals surface area contributed by atoms with Gasteiger partial charge in [0.05, 0.1) is 16.2 Å². The highest BCUT2D eigenvalue weighted by atomic mass is 19.4. The molecular weight excluding hydrogens is 319 g/mol. The summed E-state index contributed by atoms with van der Waals surface area (Å²) >= 11 is 0. The number of hydrogen-bond donors (Lipinski definition) is 2. The van der Waals surface area contributed by atoms with Crippen molar-refractivity contribution in [2.75, 3.05) is 5.32 Å². The summed E-state index contributed by atoms with van der Waals surface area (Å²) < 4.78 is 39.0. The summed E-state index contributed by atoms with van der Waals surface area (Å²) in [4.78, 5) is 9.66. The fraction of sp³-hybridized carbons (Fsp3) is 0.0909. The molecule has 0 saturated carbocycles. The molecule has 0 unspecified atom stereocenters. The van der Waals surface area contributed by atoms with Gasteiger partial charge in [-0.1, -0.05) is 0 Å². The monoisotopic (exact) mass is 325 g/mol. The summed E-state index contributed by atoms with van der Waals surface area (Å²) in [5.74, 6) is -0.115. The van der Waals surface area contributed by atoms with Crippen LogP contribution in [0.15, 0.2) is 24.4 Å². The maximum Gasteiger partial charge on any atom is 0.418 e. The number of halogens is 3. The second-order valence-corrected chi connectivity index (χ2v) is 4.03. The Morgan fingerprint density at radius 1 is 1.48 bits per heavy atom. The Hall–Kier alpha value is -3.49. The van der Waals surface area contributed by atoms with E-state index in [9.17, 15) is 23.3 Å². The molecule has 2 N–H and O–H groups in total. The number of anilines is 1. The minimum atomic E-state index is -4.82. The van der Waals surface area contributed by atoms with Crippen LogP contribution in [0.2, 0.25) is 0 Å². The van der Waals surface area contributed by atoms with Crippen molar-refractivity contribution in [2.24, 2.45) is 0 Å². The van der Waals surface area contributed by atoms with Crippen LogP contribution in [-0.2, 0) is 6.18 Å². The molecule has 0 bridgehead atoms. The molecule has 9 nitrogen and oxygen atoms in total. The molecule has 23 heavy (non-hydrogen) atoms. The number of aromatic amines is 1. The molecule has 0 fully saturated rings. The van der Waals surface area contributed by atoms with E-state index in [1.54, 1.807) is 6.07 Å². The molecule has 1 aromatic carbocycles. The van der Waals surface area contributed by atoms with Crippen LogP contribution in [0.5, 0.6) is 0 Å². The number of allylic oxidation sites excluding steroid dienone is 1. The third kappa shape index (κ3) is 3.59. The number of nitrogens with one attached hydrogen (secondary N) is 2. The number of H-pyrrole nitrogens is 1. The molecule has 12 heteroatoms. The number of non-ortho nitro benzene ring substituents is 1. The standard InChI is InChI=1S/C11H6F3N7O2/c12-11(13,14)8-3-7(21(22)23)1-2-9(8)16-5-6(4-15)10-17-19-20-18-10/h1-3,5,16H,(H,17,18,19,20). The Morgan fingerprint density at radius 3 is 2.74 bits per heavy atom. The van der Waals surface area contributed by atoms with Crippen molar-refractivity contribution < 1.29 is 18.1 Å². The van der Waals surface area contributed by atoms with Crippen molar-refractivity contribution in [3.05, 3.63) is 45.9 Å². The zero-order valence-electron chi connectivity index (χ0n) is 11.0. The molecule has 0 spiro atoms. The van der Waals surface area contributed by atoms with Gasteiger partial charge in [-0.25, -0.2) is 0 Å². The molecule has 0 saturated heterocycles. The molecule has 118 valence electrons. The normalized spacial score (nSPS) is 11.8. The molecule has 2 rings (SSSR count). The van der Waals surface area contributed by atoms with Crippen LogP contribution in [-0.4, -0.2) is 25.5 Å². The quantitative estimate of drug-likeness (QED) is 0.499. The van der Waals surface area contributed by atoms with Crippen LogP contribution < -0.4 is 5.32 Å². The third-order valence-corrected chi connectivity index (χ3v) is 2.60. The van der Waals surface area contributed by atoms with Gasteiger partial charge in [-0.2, -0.15) is 23.6 Å². The number of rotatable bonds is 4. The summed E-state index contributed by atoms with van der Waals surface area (Å²) in [6, 6.07) is 3.89. The van der Waals surface area contributed by atoms with E-state index in [1.165, 1.54) is 0 Å². The van der Waals surface area contributed by atoms with Crippen molar-refractivity contribution in [2.45, 2.75) is 6.18 Å². The van der Waals surface area contributed by atoms with E-state index in [1.807, 2.05) is 0 Å². The molecule has 2 aromatic rings. The van der Waals surface area contributed by atoms with E-state index >= 15 is 0 Å². The van der Waals surface area contributed by atoms with Crippen molar-refractivity contribution in [3.8, 4) is 6.07 Å². The van der Waals surface area contributed by atoms with Crippen LogP contribution >= 0.6 is 0 Å². The first-order chi connectivity index (χ1) is 10.8. The first kappa shape index (κ1) is 15.9. The Kier molecular flexibility index (Phi) is 4.21. The van der Waals surface area contributed by atoms with Crippen molar-refractivity contribution >= 4 is 16.9 Å². The highest BCUT2D eigenvalue weighted by Gasteiger charge is 2.35. The Labute approximate surface area is 125 Å². The Bertz CT molecular complexity index is 793. The fourth-order valence-electron chi connectivity index (χ4n) is 1.58. The highest BCUT2D eigenvalue weighted by Crippen LogP contribution is 2.37. The highest BCUT2D eigenvalue weighted by molar-refractivity contribution is 5.74. The molecule has 0 atom stereocenters. The number of hydrogen-bond acceptors (Lipinski definition) is 7. The zero-order valence-corrected chi connectivity index (χ0v) is 11.0. The van der Waals surface area contributed by atoms with E-state index in [4.69, 9.17) is 5.26 Å². The summed E-state index contributed by atoms with van der Waals surface area (Å²) in [6.07, 6.45) is -3.87. The first-order valence-corrected chi connectivity index (χ1v) is 5.79. The van der Waals surface area contributed by atoms with Gasteiger partial charge in [0.1, 0.15) is 11.6 Å². The molecule has 0 aliphatic rings. The number of nitro groups is 1. The second-order valence-electron chi connectivity index (χ2n) is 4.03. The number of nitro benzene ring substituents is 1. The van der Waals surface area contributed by atoms with Gasteiger partial charge >= 0.3 is 6.18 Å². The van der Waals surface area contributed by atoms with Gasteiger partial charge in [-0.3, -0.25) is 10.1 Å². The lowest BCUT2D eigenvalue weighted by molar-refractivity contribution is -0.385. The van der Waals surface area contributed by atoms with Gasteiger partial charge in [0.15, 0.2) is 0 Å². The lowest BCUT2D eigenvalue weighted by Gasteiger charge is -2.12. The first-order valence-electron chi connectivity index (χ1n) is 5.79. The molecule has 0 radical (unpaired) electrons. The third-order valence-electron chi connectivity index (χ3n) is 2.60. The number of alkyl halides is 3. The zero-order chi connectivity index (χ0) is 17.0. The lowest BCUT2D eigenvalue weighted by Crippen LogP contribution is -2.09. The predicted octanol–water partition coefficient (Wildman–Crippen LogP) is 2.10. The second kappa shape index (κ2) is 6.10. The SMILES string of the molecule is N#CC(=CNc1ccc([N+](=O)[O-])cc1C(F)(F)F)c1nn[nH]n1. The van der Waals surface area contributed by atoms with Crippen LogP contribution in [0.25, 0.3) is 5.57 Å². The van der Waals surface area contributed by atoms with Crippen LogP contribution in [0.1, 0.15) is 11.4 Å². The maximum absolute atomic E-state index is 13.0. The number of nitrogens with zero attached hydrogens (tertiary/aromatic N) is 5. The van der Waals surface area contributed by atoms with E-state index in [2.05, 4.69) is 25.9 Å². The average molecular weight is 325 g/mol. The number of aromatic nitrogens is 4. The topological polar surface area (TPSA) is 133 Å². The molecular formula is C11H6F3N7O2. The summed E-state index contributed by atoms with van der Waals surface area (Å²) in [6.45, 7) is 0. The maximum atomic E-state index is 13.0. The van der Waals surface area contributed by atoms with Crippen LogP contribution in [0.3, 0.4) is 0 Å². The van der Waals surface area contributed by atoms with Crippen LogP contribution in [0.4, 0.5) is 24.5 Å². The summed E-state index contributed by atoms with van der Waals surface area (Å²) in [7, 11) is 0. The van der Waals surface area contributed by atoms with E-state index in [0.29, 0.717) is 6.07 Å². The van der Waals surface area contributed by atoms with Gasteiger partial charge in [-0.05, 0) is 11.3 Å². The van der Waals surface area contributed by atoms with Crippen LogP contribution in [0, 0.1) is 21.4 Å². The van der Waals surface area contributed by atoms with Gasteiger partial charge in [-0.15, -0.1) is 10.2 Å². The van der Waals surface area contributed by atoms with Gasteiger partial charge in [0.2, 0.25) is 5.82 Å². The molecule has 0 amide bonds. The minimum Gasteiger partial charge on any atom is -0.360 e. The van der Waals surface area contributed by atoms with Crippen molar-refractivity contribution in [1.82, 2.24) is 20.6 Å². The lowest BCUT2D eigenvalue weighted by atomic mass is 10.1. The number of nitriles is 1. The smallest absolute Gasteiger partial charge is 0.360 e. The van der Waals surface area contributed by atoms with E-state index in [0.717, 1.165) is 18.3 Å². The van der Waals surface area contributed by atoms with Gasteiger partial charge < -0.3 is 5.32 Å². The Morgan fingerprint density at radius 2 is 2.22 bits per heavy atom. The van der Waals surface area contributed by atoms with Gasteiger partial charge in [0, 0.05) is 18.3 Å². The molecule has 0 aliphatic carbocycles. The number of benzene rings is 1. The van der Waals surface area contributed by atoms with E-state index in [-0.39, 0.29) is 11.4 Å². The predicted molar refractivity (Wildman–Crippen MR) is 69.5 cm³/mol. The fourth-order valence-corrected chi connectivity index (χ4v) is 1.58. The summed E-state index contributed by atoms with van der Waals surface area (Å²) in [5, 5.41) is 34.2. The molecule has 1 aromatic heterocycles.